The van der Waals surface area contributed by atoms with Gasteiger partial charge in [-0.15, -0.1) is 0 Å². The van der Waals surface area contributed by atoms with Crippen molar-refractivity contribution in [2.24, 2.45) is 0 Å². The zero-order valence-electron chi connectivity index (χ0n) is 20.0. The number of ether oxygens (including phenoxy) is 6. The van der Waals surface area contributed by atoms with Crippen LogP contribution in [0.5, 0.6) is 11.5 Å². The highest BCUT2D eigenvalue weighted by atomic mass is 16.8. The van der Waals surface area contributed by atoms with E-state index < -0.39 is 30.0 Å². The lowest BCUT2D eigenvalue weighted by atomic mass is 9.94. The summed E-state index contributed by atoms with van der Waals surface area (Å²) in [4.78, 5) is 36.0. The molecule has 1 unspecified atom stereocenters. The Morgan fingerprint density at radius 3 is 2.59 bits per heavy atom. The highest BCUT2D eigenvalue weighted by Gasteiger charge is 2.36. The lowest BCUT2D eigenvalue weighted by molar-refractivity contribution is -0.143. The molecule has 1 aromatic rings. The molecule has 2 aliphatic rings. The van der Waals surface area contributed by atoms with Gasteiger partial charge in [0.25, 0.3) is 0 Å². The molecule has 0 amide bonds. The highest BCUT2D eigenvalue weighted by molar-refractivity contribution is 5.98. The molecule has 0 aromatic heterocycles. The van der Waals surface area contributed by atoms with Gasteiger partial charge in [-0.05, 0) is 46.1 Å². The number of carboxylic acids is 1. The first-order chi connectivity index (χ1) is 16.0. The molecule has 10 heteroatoms. The van der Waals surface area contributed by atoms with Crippen LogP contribution in [0.3, 0.4) is 0 Å². The maximum Gasteiger partial charge on any atom is 0.513 e. The van der Waals surface area contributed by atoms with Crippen LogP contribution in [0.25, 0.3) is 0 Å². The van der Waals surface area contributed by atoms with Crippen molar-refractivity contribution in [1.29, 1.82) is 0 Å². The Morgan fingerprint density at radius 2 is 1.97 bits per heavy atom. The van der Waals surface area contributed by atoms with E-state index >= 15 is 0 Å². The van der Waals surface area contributed by atoms with E-state index in [0.29, 0.717) is 28.9 Å². The molecule has 1 saturated heterocycles. The number of hydrogen-bond acceptors (Lipinski definition) is 9. The largest absolute Gasteiger partial charge is 0.513 e. The Kier molecular flexibility index (Phi) is 7.83. The molecule has 3 rings (SSSR count). The van der Waals surface area contributed by atoms with Crippen LogP contribution in [0, 0.1) is 6.92 Å². The molecular formula is C24H30O10. The van der Waals surface area contributed by atoms with E-state index in [-0.39, 0.29) is 44.0 Å². The summed E-state index contributed by atoms with van der Waals surface area (Å²) < 4.78 is 32.6. The summed E-state index contributed by atoms with van der Waals surface area (Å²) in [6.07, 6.45) is 0.971. The van der Waals surface area contributed by atoms with Crippen molar-refractivity contribution in [3.8, 4) is 11.5 Å². The first-order valence-corrected chi connectivity index (χ1v) is 11.0. The molecule has 1 N–H and O–H groups in total. The molecule has 0 spiro atoms. The van der Waals surface area contributed by atoms with Gasteiger partial charge in [0.1, 0.15) is 30.6 Å². The quantitative estimate of drug-likeness (QED) is 0.319. The number of carboxylic acid groups (broad SMARTS) is 1. The first-order valence-electron chi connectivity index (χ1n) is 11.0. The lowest BCUT2D eigenvalue weighted by Crippen LogP contribution is -2.26. The number of carbonyl (C=O) groups is 3. The van der Waals surface area contributed by atoms with E-state index in [1.165, 1.54) is 7.11 Å². The van der Waals surface area contributed by atoms with Gasteiger partial charge in [0, 0.05) is 17.5 Å². The molecule has 2 aliphatic heterocycles. The summed E-state index contributed by atoms with van der Waals surface area (Å²) in [6.45, 7) is 7.36. The number of rotatable bonds is 9. The molecule has 186 valence electrons. The fraction of sp³-hybridized carbons (Fsp3) is 0.542. The second kappa shape index (κ2) is 10.4. The van der Waals surface area contributed by atoms with Gasteiger partial charge in [0.15, 0.2) is 11.5 Å². The number of cyclic esters (lactones) is 1. The van der Waals surface area contributed by atoms with Crippen molar-refractivity contribution in [3.63, 3.8) is 0 Å². The van der Waals surface area contributed by atoms with Crippen molar-refractivity contribution < 1.29 is 47.9 Å². The van der Waals surface area contributed by atoms with Gasteiger partial charge < -0.3 is 33.5 Å². The van der Waals surface area contributed by atoms with Crippen molar-refractivity contribution in [3.05, 3.63) is 33.9 Å². The second-order valence-corrected chi connectivity index (χ2v) is 8.66. The number of fused-ring (bicyclic) bond motifs is 1. The number of allylic oxidation sites excluding steroid dienone is 2. The van der Waals surface area contributed by atoms with Crippen molar-refractivity contribution in [1.82, 2.24) is 0 Å². The molecule has 0 aliphatic carbocycles. The van der Waals surface area contributed by atoms with E-state index in [1.54, 1.807) is 20.8 Å². The third kappa shape index (κ3) is 5.87. The summed E-state index contributed by atoms with van der Waals surface area (Å²) in [5, 5.41) is 8.92. The minimum absolute atomic E-state index is 0.00551. The van der Waals surface area contributed by atoms with Crippen LogP contribution in [-0.4, -0.2) is 55.4 Å². The highest BCUT2D eigenvalue weighted by Crippen LogP contribution is 2.43. The Morgan fingerprint density at radius 1 is 1.24 bits per heavy atom. The van der Waals surface area contributed by atoms with Crippen LogP contribution in [0.1, 0.15) is 60.7 Å². The summed E-state index contributed by atoms with van der Waals surface area (Å²) in [7, 11) is 1.48. The lowest BCUT2D eigenvalue weighted by Gasteiger charge is -2.19. The summed E-state index contributed by atoms with van der Waals surface area (Å²) >= 11 is 0. The zero-order valence-corrected chi connectivity index (χ0v) is 20.0. The number of benzene rings is 1. The molecule has 1 fully saturated rings. The third-order valence-electron chi connectivity index (χ3n) is 5.65. The van der Waals surface area contributed by atoms with Gasteiger partial charge in [0.05, 0.1) is 13.7 Å². The molecule has 0 radical (unpaired) electrons. The Hall–Kier alpha value is -3.11. The van der Waals surface area contributed by atoms with E-state index in [9.17, 15) is 14.4 Å². The number of esters is 1. The molecule has 0 bridgehead atoms. The van der Waals surface area contributed by atoms with E-state index in [1.807, 2.05) is 13.0 Å². The van der Waals surface area contributed by atoms with Crippen LogP contribution in [0.15, 0.2) is 11.6 Å². The predicted molar refractivity (Wildman–Crippen MR) is 118 cm³/mol. The molecule has 1 aromatic carbocycles. The minimum atomic E-state index is -1.01. The van der Waals surface area contributed by atoms with Crippen LogP contribution >= 0.6 is 0 Å². The minimum Gasteiger partial charge on any atom is -0.496 e. The van der Waals surface area contributed by atoms with Crippen LogP contribution < -0.4 is 9.47 Å². The van der Waals surface area contributed by atoms with Crippen molar-refractivity contribution >= 4 is 18.1 Å². The summed E-state index contributed by atoms with van der Waals surface area (Å²) in [5.41, 5.74) is 2.73. The van der Waals surface area contributed by atoms with Crippen molar-refractivity contribution in [2.75, 3.05) is 20.3 Å². The number of carbonyl (C=O) groups excluding carboxylic acids is 2. The first kappa shape index (κ1) is 25.5. The number of methoxy groups -OCH3 is 1. The smallest absolute Gasteiger partial charge is 0.496 e. The fourth-order valence-electron chi connectivity index (χ4n) is 3.92. The number of hydrogen-bond donors (Lipinski definition) is 1. The van der Waals surface area contributed by atoms with Gasteiger partial charge >= 0.3 is 18.1 Å². The molecule has 0 saturated carbocycles. The zero-order chi connectivity index (χ0) is 25.0. The van der Waals surface area contributed by atoms with Crippen LogP contribution in [-0.2, 0) is 36.8 Å². The van der Waals surface area contributed by atoms with E-state index in [4.69, 9.17) is 33.5 Å². The molecule has 10 nitrogen and oxygen atoms in total. The van der Waals surface area contributed by atoms with E-state index in [2.05, 4.69) is 0 Å². The fourth-order valence-corrected chi connectivity index (χ4v) is 3.92. The average molecular weight is 478 g/mol. The molecule has 2 heterocycles. The van der Waals surface area contributed by atoms with Gasteiger partial charge in [-0.25, -0.2) is 9.59 Å². The molecular weight excluding hydrogens is 448 g/mol. The SMILES string of the molecule is COc1c(C)c2c(c(OC(=O)OCC3COC(C)(C)O3)c1CC=C(C)CCC(=O)O)C(=O)OC2. The Balaban J connectivity index is 1.87. The Labute approximate surface area is 197 Å². The maximum absolute atomic E-state index is 12.6. The average Bonchev–Trinajstić information content (AvgIpc) is 3.33. The van der Waals surface area contributed by atoms with Gasteiger partial charge in [-0.3, -0.25) is 4.79 Å². The topological polar surface area (TPSA) is 127 Å². The van der Waals surface area contributed by atoms with Gasteiger partial charge in [-0.1, -0.05) is 11.6 Å². The van der Waals surface area contributed by atoms with Gasteiger partial charge in [-0.2, -0.15) is 0 Å². The summed E-state index contributed by atoms with van der Waals surface area (Å²) in [5.74, 6) is -1.79. The number of aliphatic carboxylic acids is 1. The normalized spacial score (nSPS) is 18.9. The summed E-state index contributed by atoms with van der Waals surface area (Å²) in [6, 6.07) is 0. The third-order valence-corrected chi connectivity index (χ3v) is 5.65. The predicted octanol–water partition coefficient (Wildman–Crippen LogP) is 3.69. The van der Waals surface area contributed by atoms with Crippen molar-refractivity contribution in [2.45, 2.75) is 65.5 Å². The monoisotopic (exact) mass is 478 g/mol. The Bertz CT molecular complexity index is 1010. The second-order valence-electron chi connectivity index (χ2n) is 8.66. The molecule has 34 heavy (non-hydrogen) atoms. The van der Waals surface area contributed by atoms with Crippen LogP contribution in [0.2, 0.25) is 0 Å². The maximum atomic E-state index is 12.6. The standard InChI is InChI=1S/C24H30O10/c1-13(7-9-18(25)26)6-8-16-20(29-5)14(2)17-12-30-22(27)19(17)21(16)33-23(28)31-10-15-11-32-24(3,4)34-15/h6,15H,7-12H2,1-5H3,(H,25,26). The van der Waals surface area contributed by atoms with Gasteiger partial charge in [0.2, 0.25) is 0 Å². The van der Waals surface area contributed by atoms with E-state index in [0.717, 1.165) is 5.57 Å². The molecule has 1 atom stereocenters. The van der Waals surface area contributed by atoms with Crippen LogP contribution in [0.4, 0.5) is 4.79 Å².